The average molecular weight is 260 g/mol. The van der Waals surface area contributed by atoms with Crippen molar-refractivity contribution < 1.29 is 9.53 Å². The molecule has 1 saturated carbocycles. The van der Waals surface area contributed by atoms with Gasteiger partial charge < -0.3 is 15.4 Å². The monoisotopic (exact) mass is 260 g/mol. The standard InChI is InChI=1S/C15H20N2O2/c1-19-13-5-3-2-4-12(13)17-14(18)11-10-15(11)6-8-16-9-7-15/h2-5,11,16H,6-10H2,1H3,(H,17,18)/t11-/m1/s1. The van der Waals surface area contributed by atoms with Gasteiger partial charge in [-0.25, -0.2) is 0 Å². The molecule has 1 aromatic rings. The highest BCUT2D eigenvalue weighted by Crippen LogP contribution is 2.58. The molecule has 2 N–H and O–H groups in total. The third kappa shape index (κ3) is 2.32. The summed E-state index contributed by atoms with van der Waals surface area (Å²) in [6.45, 7) is 2.08. The Bertz CT molecular complexity index is 481. The second-order valence-electron chi connectivity index (χ2n) is 5.56. The predicted octanol–water partition coefficient (Wildman–Crippen LogP) is 2.02. The van der Waals surface area contributed by atoms with E-state index in [1.165, 1.54) is 0 Å². The van der Waals surface area contributed by atoms with Crippen LogP contribution in [0.5, 0.6) is 5.75 Å². The summed E-state index contributed by atoms with van der Waals surface area (Å²) in [6.07, 6.45) is 3.28. The van der Waals surface area contributed by atoms with Crippen molar-refractivity contribution in [2.45, 2.75) is 19.3 Å². The normalized spacial score (nSPS) is 23.9. The second kappa shape index (κ2) is 4.85. The van der Waals surface area contributed by atoms with Crippen LogP contribution < -0.4 is 15.4 Å². The van der Waals surface area contributed by atoms with Crippen LogP contribution in [0.1, 0.15) is 19.3 Å². The molecule has 1 saturated heterocycles. The van der Waals surface area contributed by atoms with Gasteiger partial charge in [0.2, 0.25) is 5.91 Å². The van der Waals surface area contributed by atoms with Crippen LogP contribution >= 0.6 is 0 Å². The lowest BCUT2D eigenvalue weighted by atomic mass is 9.92. The highest BCUT2D eigenvalue weighted by atomic mass is 16.5. The highest BCUT2D eigenvalue weighted by molar-refractivity contribution is 5.96. The first-order valence-electron chi connectivity index (χ1n) is 6.90. The number of hydrogen-bond donors (Lipinski definition) is 2. The zero-order chi connectivity index (χ0) is 13.3. The molecular weight excluding hydrogens is 240 g/mol. The SMILES string of the molecule is COc1ccccc1NC(=O)[C@H]1CC12CCNCC2. The Labute approximate surface area is 113 Å². The van der Waals surface area contributed by atoms with Gasteiger partial charge in [0.05, 0.1) is 12.8 Å². The first-order chi connectivity index (χ1) is 9.25. The minimum atomic E-state index is 0.145. The number of anilines is 1. The van der Waals surface area contributed by atoms with Crippen LogP contribution in [0.15, 0.2) is 24.3 Å². The fourth-order valence-corrected chi connectivity index (χ4v) is 3.16. The van der Waals surface area contributed by atoms with Crippen LogP contribution in [0.25, 0.3) is 0 Å². The van der Waals surface area contributed by atoms with Gasteiger partial charge in [0, 0.05) is 5.92 Å². The number of hydrogen-bond acceptors (Lipinski definition) is 3. The van der Waals surface area contributed by atoms with Gasteiger partial charge in [0.15, 0.2) is 0 Å². The molecular formula is C15H20N2O2. The molecule has 1 atom stereocenters. The molecule has 2 fully saturated rings. The fraction of sp³-hybridized carbons (Fsp3) is 0.533. The Hall–Kier alpha value is -1.55. The molecule has 1 heterocycles. The number of amides is 1. The van der Waals surface area contributed by atoms with E-state index in [1.54, 1.807) is 7.11 Å². The Morgan fingerprint density at radius 1 is 1.37 bits per heavy atom. The lowest BCUT2D eigenvalue weighted by Crippen LogP contribution is -2.31. The first kappa shape index (κ1) is 12.5. The van der Waals surface area contributed by atoms with Crippen molar-refractivity contribution in [3.63, 3.8) is 0 Å². The molecule has 1 amide bonds. The third-order valence-electron chi connectivity index (χ3n) is 4.47. The Kier molecular flexibility index (Phi) is 3.19. The van der Waals surface area contributed by atoms with Crippen molar-refractivity contribution in [3.05, 3.63) is 24.3 Å². The topological polar surface area (TPSA) is 50.4 Å². The molecule has 102 valence electrons. The van der Waals surface area contributed by atoms with Gasteiger partial charge in [-0.05, 0) is 49.9 Å². The summed E-state index contributed by atoms with van der Waals surface area (Å²) < 4.78 is 5.26. The van der Waals surface area contributed by atoms with Gasteiger partial charge in [-0.3, -0.25) is 4.79 Å². The van der Waals surface area contributed by atoms with Gasteiger partial charge in [-0.2, -0.15) is 0 Å². The molecule has 19 heavy (non-hydrogen) atoms. The molecule has 1 aliphatic carbocycles. The van der Waals surface area contributed by atoms with Crippen LogP contribution in [0.2, 0.25) is 0 Å². The van der Waals surface area contributed by atoms with Crippen LogP contribution in [0.4, 0.5) is 5.69 Å². The van der Waals surface area contributed by atoms with Gasteiger partial charge in [-0.1, -0.05) is 12.1 Å². The summed E-state index contributed by atoms with van der Waals surface area (Å²) in [6, 6.07) is 7.56. The van der Waals surface area contributed by atoms with Crippen LogP contribution in [-0.4, -0.2) is 26.1 Å². The summed E-state index contributed by atoms with van der Waals surface area (Å²) >= 11 is 0. The molecule has 1 spiro atoms. The van der Waals surface area contributed by atoms with Crippen molar-refractivity contribution in [2.75, 3.05) is 25.5 Å². The van der Waals surface area contributed by atoms with E-state index in [0.29, 0.717) is 0 Å². The molecule has 4 nitrogen and oxygen atoms in total. The maximum atomic E-state index is 12.3. The molecule has 2 aliphatic rings. The zero-order valence-electron chi connectivity index (χ0n) is 11.2. The molecule has 0 unspecified atom stereocenters. The molecule has 0 aromatic heterocycles. The van der Waals surface area contributed by atoms with E-state index >= 15 is 0 Å². The molecule has 4 heteroatoms. The third-order valence-corrected chi connectivity index (χ3v) is 4.47. The minimum Gasteiger partial charge on any atom is -0.495 e. The number of piperidine rings is 1. The number of ether oxygens (including phenoxy) is 1. The summed E-state index contributed by atoms with van der Waals surface area (Å²) in [4.78, 5) is 12.3. The van der Waals surface area contributed by atoms with Gasteiger partial charge in [-0.15, -0.1) is 0 Å². The zero-order valence-corrected chi connectivity index (χ0v) is 11.2. The molecule has 0 bridgehead atoms. The van der Waals surface area contributed by atoms with Gasteiger partial charge in [0.25, 0.3) is 0 Å². The lowest BCUT2D eigenvalue weighted by molar-refractivity contribution is -0.118. The Morgan fingerprint density at radius 3 is 2.84 bits per heavy atom. The van der Waals surface area contributed by atoms with E-state index in [0.717, 1.165) is 43.8 Å². The molecule has 0 radical (unpaired) electrons. The number of carbonyl (C=O) groups is 1. The maximum Gasteiger partial charge on any atom is 0.228 e. The quantitative estimate of drug-likeness (QED) is 0.874. The smallest absolute Gasteiger partial charge is 0.228 e. The van der Waals surface area contributed by atoms with E-state index in [1.807, 2.05) is 24.3 Å². The van der Waals surface area contributed by atoms with Crippen molar-refractivity contribution in [1.82, 2.24) is 5.32 Å². The molecule has 1 aliphatic heterocycles. The predicted molar refractivity (Wildman–Crippen MR) is 74.3 cm³/mol. The van der Waals surface area contributed by atoms with Crippen LogP contribution in [0, 0.1) is 11.3 Å². The largest absolute Gasteiger partial charge is 0.495 e. The minimum absolute atomic E-state index is 0.145. The van der Waals surface area contributed by atoms with E-state index in [9.17, 15) is 4.79 Å². The number of rotatable bonds is 3. The van der Waals surface area contributed by atoms with Crippen molar-refractivity contribution in [2.24, 2.45) is 11.3 Å². The Morgan fingerprint density at radius 2 is 2.11 bits per heavy atom. The molecule has 3 rings (SSSR count). The van der Waals surface area contributed by atoms with Crippen LogP contribution in [-0.2, 0) is 4.79 Å². The van der Waals surface area contributed by atoms with E-state index in [2.05, 4.69) is 10.6 Å². The Balaban J connectivity index is 1.66. The number of para-hydroxylation sites is 2. The molecule has 1 aromatic carbocycles. The van der Waals surface area contributed by atoms with Crippen molar-refractivity contribution in [3.8, 4) is 5.75 Å². The van der Waals surface area contributed by atoms with Crippen molar-refractivity contribution >= 4 is 11.6 Å². The average Bonchev–Trinajstić information content (AvgIpc) is 3.14. The van der Waals surface area contributed by atoms with Gasteiger partial charge in [0.1, 0.15) is 5.75 Å². The summed E-state index contributed by atoms with van der Waals surface area (Å²) in [7, 11) is 1.62. The summed E-state index contributed by atoms with van der Waals surface area (Å²) in [5.41, 5.74) is 1.04. The lowest BCUT2D eigenvalue weighted by Gasteiger charge is -2.23. The fourth-order valence-electron chi connectivity index (χ4n) is 3.16. The first-order valence-corrected chi connectivity index (χ1v) is 6.90. The maximum absolute atomic E-state index is 12.3. The van der Waals surface area contributed by atoms with Crippen molar-refractivity contribution in [1.29, 1.82) is 0 Å². The number of benzene rings is 1. The summed E-state index contributed by atoms with van der Waals surface area (Å²) in [5, 5.41) is 6.37. The number of methoxy groups -OCH3 is 1. The number of carbonyl (C=O) groups excluding carboxylic acids is 1. The van der Waals surface area contributed by atoms with E-state index in [-0.39, 0.29) is 17.2 Å². The van der Waals surface area contributed by atoms with Crippen LogP contribution in [0.3, 0.4) is 0 Å². The number of nitrogens with one attached hydrogen (secondary N) is 2. The highest BCUT2D eigenvalue weighted by Gasteiger charge is 2.57. The van der Waals surface area contributed by atoms with E-state index < -0.39 is 0 Å². The summed E-state index contributed by atoms with van der Waals surface area (Å²) in [5.74, 6) is 1.04. The van der Waals surface area contributed by atoms with Gasteiger partial charge >= 0.3 is 0 Å². The second-order valence-corrected chi connectivity index (χ2v) is 5.56. The van der Waals surface area contributed by atoms with E-state index in [4.69, 9.17) is 4.74 Å².